The molecule has 1 unspecified atom stereocenters. The largest absolute Gasteiger partial charge is 0.355 e. The maximum atomic E-state index is 12.7. The molecular formula is C22H41N3O2. The van der Waals surface area contributed by atoms with E-state index in [-0.39, 0.29) is 17.2 Å². The second-order valence-corrected chi connectivity index (χ2v) is 7.29. The van der Waals surface area contributed by atoms with Crippen molar-refractivity contribution in [1.29, 1.82) is 0 Å². The van der Waals surface area contributed by atoms with Crippen LogP contribution in [0.1, 0.15) is 68.2 Å². The molecule has 0 bridgehead atoms. The number of allylic oxidation sites excluding steroid dienone is 5. The van der Waals surface area contributed by atoms with E-state index in [0.29, 0.717) is 19.4 Å². The molecule has 2 amide bonds. The third-order valence-electron chi connectivity index (χ3n) is 5.12. The Morgan fingerprint density at radius 1 is 1.11 bits per heavy atom. The third kappa shape index (κ3) is 9.05. The summed E-state index contributed by atoms with van der Waals surface area (Å²) >= 11 is 0. The van der Waals surface area contributed by atoms with Gasteiger partial charge in [-0.2, -0.15) is 0 Å². The van der Waals surface area contributed by atoms with Crippen LogP contribution in [0.5, 0.6) is 0 Å². The van der Waals surface area contributed by atoms with Gasteiger partial charge in [0.15, 0.2) is 0 Å². The number of nitrogens with one attached hydrogen (secondary N) is 2. The predicted molar refractivity (Wildman–Crippen MR) is 116 cm³/mol. The predicted octanol–water partition coefficient (Wildman–Crippen LogP) is 4.07. The smallest absolute Gasteiger partial charge is 0.226 e. The van der Waals surface area contributed by atoms with Gasteiger partial charge in [0.25, 0.3) is 0 Å². The highest BCUT2D eigenvalue weighted by Gasteiger charge is 2.43. The van der Waals surface area contributed by atoms with E-state index >= 15 is 0 Å². The Hall–Kier alpha value is -1.88. The Bertz CT molecular complexity index is 532. The van der Waals surface area contributed by atoms with E-state index in [2.05, 4.69) is 31.1 Å². The lowest BCUT2D eigenvalue weighted by molar-refractivity contribution is -0.134. The van der Waals surface area contributed by atoms with Gasteiger partial charge in [0.2, 0.25) is 11.8 Å². The van der Waals surface area contributed by atoms with Crippen LogP contribution in [0.4, 0.5) is 0 Å². The molecule has 5 nitrogen and oxygen atoms in total. The topological polar surface area (TPSA) is 84.2 Å². The summed E-state index contributed by atoms with van der Waals surface area (Å²) in [6, 6.07) is 0. The lowest BCUT2D eigenvalue weighted by Crippen LogP contribution is -2.49. The number of carbonyl (C=O) groups is 2. The van der Waals surface area contributed by atoms with Crippen LogP contribution < -0.4 is 16.4 Å². The first-order chi connectivity index (χ1) is 12.5. The van der Waals surface area contributed by atoms with Crippen molar-refractivity contribution in [1.82, 2.24) is 10.6 Å². The Balaban J connectivity index is 0. The van der Waals surface area contributed by atoms with E-state index in [4.69, 9.17) is 5.73 Å². The van der Waals surface area contributed by atoms with Crippen molar-refractivity contribution in [3.8, 4) is 0 Å². The first-order valence-corrected chi connectivity index (χ1v) is 9.80. The maximum absolute atomic E-state index is 12.7. The lowest BCUT2D eigenvalue weighted by atomic mass is 9.63. The number of nitrogens with two attached hydrogens (primary N) is 1. The number of hydrogen-bond acceptors (Lipinski definition) is 3. The average molecular weight is 380 g/mol. The molecule has 0 aliphatic carbocycles. The molecule has 0 aromatic carbocycles. The highest BCUT2D eigenvalue weighted by Crippen LogP contribution is 2.44. The Morgan fingerprint density at radius 2 is 1.67 bits per heavy atom. The zero-order valence-electron chi connectivity index (χ0n) is 18.6. The lowest BCUT2D eigenvalue weighted by Gasteiger charge is -2.41. The van der Waals surface area contributed by atoms with E-state index in [9.17, 15) is 9.59 Å². The first kappa shape index (κ1) is 27.3. The fourth-order valence-electron chi connectivity index (χ4n) is 2.21. The minimum atomic E-state index is -0.605. The van der Waals surface area contributed by atoms with Crippen LogP contribution in [0.3, 0.4) is 0 Å². The van der Waals surface area contributed by atoms with Gasteiger partial charge in [-0.05, 0) is 18.8 Å². The Kier molecular flexibility index (Phi) is 13.5. The standard InChI is InChI=1S/C20H35N3O2.C2H6/c1-8-10-11-12-15(3)19(4,5)20(6,7)18(25)22-14-13-16(21)23-17(24)9-2;1-2/h8,10-12,16H,1,9,13-14,21H2,2-7H3,(H,22,25)(H,23,24);1-2H3/b11-10-,15-12+;. The van der Waals surface area contributed by atoms with Gasteiger partial charge >= 0.3 is 0 Å². The summed E-state index contributed by atoms with van der Waals surface area (Å²) in [4.78, 5) is 24.0. The van der Waals surface area contributed by atoms with Gasteiger partial charge in [-0.15, -0.1) is 0 Å². The van der Waals surface area contributed by atoms with Gasteiger partial charge in [0.05, 0.1) is 11.6 Å². The summed E-state index contributed by atoms with van der Waals surface area (Å²) in [7, 11) is 0. The summed E-state index contributed by atoms with van der Waals surface area (Å²) in [5.41, 5.74) is 6.01. The molecule has 156 valence electrons. The zero-order chi connectivity index (χ0) is 21.7. The molecule has 27 heavy (non-hydrogen) atoms. The molecule has 0 radical (unpaired) electrons. The van der Waals surface area contributed by atoms with Crippen LogP contribution in [-0.4, -0.2) is 24.5 Å². The SMILES string of the molecule is C=C/C=C\C=C(/C)C(C)(C)C(C)(C)C(=O)NCCC(N)NC(=O)CC.CC. The van der Waals surface area contributed by atoms with E-state index in [0.717, 1.165) is 5.57 Å². The second-order valence-electron chi connectivity index (χ2n) is 7.29. The molecule has 0 heterocycles. The summed E-state index contributed by atoms with van der Waals surface area (Å²) in [6.07, 6.45) is 7.95. The van der Waals surface area contributed by atoms with E-state index < -0.39 is 11.6 Å². The first-order valence-electron chi connectivity index (χ1n) is 9.80. The molecule has 0 saturated carbocycles. The van der Waals surface area contributed by atoms with Crippen LogP contribution in [0.15, 0.2) is 36.5 Å². The molecule has 0 saturated heterocycles. The molecule has 0 aromatic rings. The minimum absolute atomic E-state index is 0.0352. The number of hydrogen-bond donors (Lipinski definition) is 3. The van der Waals surface area contributed by atoms with Gasteiger partial charge in [-0.3, -0.25) is 9.59 Å². The van der Waals surface area contributed by atoms with Crippen LogP contribution in [0, 0.1) is 10.8 Å². The second kappa shape index (κ2) is 13.3. The average Bonchev–Trinajstić information content (AvgIpc) is 2.62. The molecule has 0 fully saturated rings. The zero-order valence-corrected chi connectivity index (χ0v) is 18.6. The van der Waals surface area contributed by atoms with Crippen molar-refractivity contribution in [2.75, 3.05) is 6.54 Å². The molecule has 0 aliphatic rings. The van der Waals surface area contributed by atoms with Gasteiger partial charge < -0.3 is 16.4 Å². The maximum Gasteiger partial charge on any atom is 0.226 e. The number of carbonyl (C=O) groups excluding carboxylic acids is 2. The van der Waals surface area contributed by atoms with Crippen LogP contribution in [-0.2, 0) is 9.59 Å². The van der Waals surface area contributed by atoms with Gasteiger partial charge in [0, 0.05) is 13.0 Å². The highest BCUT2D eigenvalue weighted by molar-refractivity contribution is 5.83. The molecule has 0 aliphatic heterocycles. The minimum Gasteiger partial charge on any atom is -0.355 e. The molecule has 4 N–H and O–H groups in total. The number of rotatable bonds is 10. The van der Waals surface area contributed by atoms with Crippen LogP contribution in [0.2, 0.25) is 0 Å². The van der Waals surface area contributed by atoms with Crippen LogP contribution >= 0.6 is 0 Å². The van der Waals surface area contributed by atoms with Gasteiger partial charge in [-0.1, -0.05) is 84.9 Å². The monoisotopic (exact) mass is 379 g/mol. The summed E-state index contributed by atoms with van der Waals surface area (Å²) in [5.74, 6) is -0.124. The van der Waals surface area contributed by atoms with Crippen LogP contribution in [0.25, 0.3) is 0 Å². The van der Waals surface area contributed by atoms with Crippen molar-refractivity contribution in [2.24, 2.45) is 16.6 Å². The normalized spacial score (nSPS) is 13.4. The summed E-state index contributed by atoms with van der Waals surface area (Å²) in [5, 5.41) is 5.62. The molecule has 0 spiro atoms. The summed E-state index contributed by atoms with van der Waals surface area (Å²) in [6.45, 7) is 19.9. The fourth-order valence-corrected chi connectivity index (χ4v) is 2.21. The summed E-state index contributed by atoms with van der Waals surface area (Å²) < 4.78 is 0. The quantitative estimate of drug-likeness (QED) is 0.395. The molecule has 0 aromatic heterocycles. The highest BCUT2D eigenvalue weighted by atomic mass is 16.2. The third-order valence-corrected chi connectivity index (χ3v) is 5.12. The van der Waals surface area contributed by atoms with Gasteiger partial charge in [-0.25, -0.2) is 0 Å². The molecular weight excluding hydrogens is 338 g/mol. The van der Waals surface area contributed by atoms with Crippen molar-refractivity contribution in [3.63, 3.8) is 0 Å². The van der Waals surface area contributed by atoms with Crippen molar-refractivity contribution in [2.45, 2.75) is 74.4 Å². The molecule has 5 heteroatoms. The van der Waals surface area contributed by atoms with Gasteiger partial charge in [0.1, 0.15) is 0 Å². The van der Waals surface area contributed by atoms with Crippen molar-refractivity contribution < 1.29 is 9.59 Å². The van der Waals surface area contributed by atoms with Crippen molar-refractivity contribution >= 4 is 11.8 Å². The van der Waals surface area contributed by atoms with E-state index in [1.54, 1.807) is 13.0 Å². The Morgan fingerprint density at radius 3 is 2.15 bits per heavy atom. The molecule has 1 atom stereocenters. The van der Waals surface area contributed by atoms with E-state index in [1.165, 1.54) is 0 Å². The Labute approximate surface area is 166 Å². The van der Waals surface area contributed by atoms with Crippen molar-refractivity contribution in [3.05, 3.63) is 36.5 Å². The molecule has 0 rings (SSSR count). The van der Waals surface area contributed by atoms with E-state index in [1.807, 2.05) is 52.8 Å². The fraction of sp³-hybridized carbons (Fsp3) is 0.636. The number of amides is 2.